The molecular weight excluding hydrogens is 429 g/mol. The molecule has 1 amide bonds. The van der Waals surface area contributed by atoms with Crippen LogP contribution in [0.3, 0.4) is 0 Å². The van der Waals surface area contributed by atoms with Gasteiger partial charge in [-0.15, -0.1) is 11.3 Å². The molecule has 0 aliphatic carbocycles. The van der Waals surface area contributed by atoms with E-state index in [0.717, 1.165) is 17.7 Å². The van der Waals surface area contributed by atoms with Crippen LogP contribution >= 0.6 is 11.3 Å². The van der Waals surface area contributed by atoms with Gasteiger partial charge < -0.3 is 14.4 Å². The van der Waals surface area contributed by atoms with E-state index in [1.807, 2.05) is 18.2 Å². The van der Waals surface area contributed by atoms with Crippen molar-refractivity contribution in [1.29, 1.82) is 0 Å². The Hall–Kier alpha value is -3.07. The average molecular weight is 448 g/mol. The van der Waals surface area contributed by atoms with Crippen LogP contribution in [-0.2, 0) is 23.9 Å². The molecule has 0 radical (unpaired) electrons. The van der Waals surface area contributed by atoms with Gasteiger partial charge in [0.1, 0.15) is 18.2 Å². The zero-order chi connectivity index (χ0) is 22.0. The van der Waals surface area contributed by atoms with Gasteiger partial charge in [0.25, 0.3) is 0 Å². The number of alkyl halides is 3. The fourth-order valence-electron chi connectivity index (χ4n) is 3.16. The Morgan fingerprint density at radius 2 is 1.81 bits per heavy atom. The number of halogens is 3. The van der Waals surface area contributed by atoms with Crippen molar-refractivity contribution in [3.8, 4) is 22.1 Å². The summed E-state index contributed by atoms with van der Waals surface area (Å²) in [5.41, 5.74) is 1.38. The number of carbonyl (C=O) groups excluding carboxylic acids is 1. The number of hydrogen-bond acceptors (Lipinski definition) is 5. The van der Waals surface area contributed by atoms with E-state index in [1.54, 1.807) is 17.3 Å². The molecule has 0 spiro atoms. The molecular formula is C22H19F3N2O3S. The lowest BCUT2D eigenvalue weighted by atomic mass is 10.1. The molecule has 1 aromatic heterocycles. The highest BCUT2D eigenvalue weighted by Crippen LogP contribution is 2.32. The van der Waals surface area contributed by atoms with Crippen LogP contribution in [0.1, 0.15) is 16.8 Å². The Balaban J connectivity index is 1.38. The summed E-state index contributed by atoms with van der Waals surface area (Å²) in [5.74, 6) is 1.26. The van der Waals surface area contributed by atoms with E-state index in [-0.39, 0.29) is 12.3 Å². The number of thiazole rings is 1. The highest BCUT2D eigenvalue weighted by atomic mass is 32.1. The lowest BCUT2D eigenvalue weighted by Gasteiger charge is -2.21. The topological polar surface area (TPSA) is 51.7 Å². The fraction of sp³-hybridized carbons (Fsp3) is 0.273. The van der Waals surface area contributed by atoms with Gasteiger partial charge in [0.15, 0.2) is 11.5 Å². The van der Waals surface area contributed by atoms with Gasteiger partial charge in [0.2, 0.25) is 5.91 Å². The molecule has 0 fully saturated rings. The maximum absolute atomic E-state index is 12.7. The number of benzene rings is 2. The van der Waals surface area contributed by atoms with Crippen LogP contribution < -0.4 is 9.47 Å². The van der Waals surface area contributed by atoms with Crippen LogP contribution in [0.2, 0.25) is 0 Å². The third kappa shape index (κ3) is 4.99. The van der Waals surface area contributed by atoms with Gasteiger partial charge in [-0.2, -0.15) is 13.2 Å². The lowest BCUT2D eigenvalue weighted by Crippen LogP contribution is -2.28. The summed E-state index contributed by atoms with van der Waals surface area (Å²) >= 11 is 1.30. The molecule has 0 unspecified atom stereocenters. The smallest absolute Gasteiger partial charge is 0.416 e. The van der Waals surface area contributed by atoms with Crippen LogP contribution in [-0.4, -0.2) is 36.1 Å². The van der Waals surface area contributed by atoms with Gasteiger partial charge in [0.05, 0.1) is 17.7 Å². The predicted molar refractivity (Wildman–Crippen MR) is 110 cm³/mol. The number of nitrogens with zero attached hydrogens (tertiary/aromatic N) is 2. The van der Waals surface area contributed by atoms with Gasteiger partial charge in [-0.25, -0.2) is 4.98 Å². The Morgan fingerprint density at radius 3 is 2.52 bits per heavy atom. The number of amides is 1. The van der Waals surface area contributed by atoms with Crippen molar-refractivity contribution in [3.05, 3.63) is 64.7 Å². The number of hydrogen-bond donors (Lipinski definition) is 0. The molecule has 31 heavy (non-hydrogen) atoms. The fourth-order valence-corrected chi connectivity index (χ4v) is 3.99. The van der Waals surface area contributed by atoms with Gasteiger partial charge in [0, 0.05) is 24.5 Å². The molecule has 0 bridgehead atoms. The van der Waals surface area contributed by atoms with Crippen molar-refractivity contribution >= 4 is 17.2 Å². The molecule has 5 nitrogen and oxygen atoms in total. The Kier molecular flexibility index (Phi) is 5.86. The predicted octanol–water partition coefficient (Wildman–Crippen LogP) is 4.80. The number of aromatic nitrogens is 1. The third-order valence-electron chi connectivity index (χ3n) is 4.80. The molecule has 0 N–H and O–H groups in total. The normalized spacial score (nSPS) is 13.2. The molecule has 3 aromatic rings. The van der Waals surface area contributed by atoms with Crippen molar-refractivity contribution in [1.82, 2.24) is 9.88 Å². The number of likely N-dealkylation sites (N-methyl/N-ethyl adjacent to an activating group) is 1. The minimum Gasteiger partial charge on any atom is -0.486 e. The minimum atomic E-state index is -4.37. The quantitative estimate of drug-likeness (QED) is 0.563. The average Bonchev–Trinajstić information content (AvgIpc) is 3.21. The van der Waals surface area contributed by atoms with E-state index in [9.17, 15) is 18.0 Å². The summed E-state index contributed by atoms with van der Waals surface area (Å²) in [6.45, 7) is 1.43. The second-order valence-corrected chi connectivity index (χ2v) is 7.98. The SMILES string of the molecule is CN(Cc1ccc2c(c1)OCCO2)C(=O)Cc1csc(-c2ccc(C(F)(F)F)cc2)n1. The van der Waals surface area contributed by atoms with Gasteiger partial charge in [-0.1, -0.05) is 18.2 Å². The molecule has 0 atom stereocenters. The van der Waals surface area contributed by atoms with Crippen LogP contribution in [0.5, 0.6) is 11.5 Å². The standard InChI is InChI=1S/C22H19F3N2O3S/c1-27(12-14-2-7-18-19(10-14)30-9-8-29-18)20(28)11-17-13-31-21(26-17)15-3-5-16(6-4-15)22(23,24)25/h2-7,10,13H,8-9,11-12H2,1H3. The summed E-state index contributed by atoms with van der Waals surface area (Å²) in [6.07, 6.45) is -4.26. The van der Waals surface area contributed by atoms with Crippen molar-refractivity contribution in [2.45, 2.75) is 19.1 Å². The largest absolute Gasteiger partial charge is 0.486 e. The first-order chi connectivity index (χ1) is 14.8. The monoisotopic (exact) mass is 448 g/mol. The summed E-state index contributed by atoms with van der Waals surface area (Å²) in [7, 11) is 1.71. The van der Waals surface area contributed by atoms with Crippen molar-refractivity contribution in [3.63, 3.8) is 0 Å². The number of ether oxygens (including phenoxy) is 2. The molecule has 0 saturated heterocycles. The van der Waals surface area contributed by atoms with E-state index in [4.69, 9.17) is 9.47 Å². The van der Waals surface area contributed by atoms with Crippen LogP contribution in [0.4, 0.5) is 13.2 Å². The summed E-state index contributed by atoms with van der Waals surface area (Å²) < 4.78 is 49.2. The van der Waals surface area contributed by atoms with Crippen molar-refractivity contribution in [2.75, 3.05) is 20.3 Å². The summed E-state index contributed by atoms with van der Waals surface area (Å²) in [6, 6.07) is 10.4. The molecule has 162 valence electrons. The van der Waals surface area contributed by atoms with E-state index in [2.05, 4.69) is 4.98 Å². The second kappa shape index (κ2) is 8.58. The van der Waals surface area contributed by atoms with Gasteiger partial charge in [-0.3, -0.25) is 4.79 Å². The number of carbonyl (C=O) groups is 1. The molecule has 1 aliphatic rings. The molecule has 1 aliphatic heterocycles. The van der Waals surface area contributed by atoms with Crippen LogP contribution in [0.25, 0.3) is 10.6 Å². The first-order valence-electron chi connectivity index (χ1n) is 9.54. The summed E-state index contributed by atoms with van der Waals surface area (Å²) in [4.78, 5) is 18.6. The van der Waals surface area contributed by atoms with E-state index >= 15 is 0 Å². The summed E-state index contributed by atoms with van der Waals surface area (Å²) in [5, 5.41) is 2.33. The van der Waals surface area contributed by atoms with Crippen LogP contribution in [0.15, 0.2) is 47.8 Å². The zero-order valence-corrected chi connectivity index (χ0v) is 17.4. The Morgan fingerprint density at radius 1 is 1.10 bits per heavy atom. The number of rotatable bonds is 5. The first kappa shape index (κ1) is 21.2. The van der Waals surface area contributed by atoms with E-state index < -0.39 is 11.7 Å². The van der Waals surface area contributed by atoms with Gasteiger partial charge in [-0.05, 0) is 29.8 Å². The maximum Gasteiger partial charge on any atom is 0.416 e. The molecule has 4 rings (SSSR count). The van der Waals surface area contributed by atoms with Crippen molar-refractivity contribution in [2.24, 2.45) is 0 Å². The van der Waals surface area contributed by atoms with Crippen molar-refractivity contribution < 1.29 is 27.4 Å². The van der Waals surface area contributed by atoms with E-state index in [1.165, 1.54) is 23.5 Å². The second-order valence-electron chi connectivity index (χ2n) is 7.12. The highest BCUT2D eigenvalue weighted by molar-refractivity contribution is 7.13. The molecule has 9 heteroatoms. The zero-order valence-electron chi connectivity index (χ0n) is 16.6. The molecule has 2 aromatic carbocycles. The third-order valence-corrected chi connectivity index (χ3v) is 5.74. The lowest BCUT2D eigenvalue weighted by molar-refractivity contribution is -0.137. The Bertz CT molecular complexity index is 1080. The van der Waals surface area contributed by atoms with E-state index in [0.29, 0.717) is 47.5 Å². The number of fused-ring (bicyclic) bond motifs is 1. The molecule has 2 heterocycles. The Labute approximate surface area is 181 Å². The highest BCUT2D eigenvalue weighted by Gasteiger charge is 2.30. The molecule has 0 saturated carbocycles. The first-order valence-corrected chi connectivity index (χ1v) is 10.4. The maximum atomic E-state index is 12.7. The van der Waals surface area contributed by atoms with Gasteiger partial charge >= 0.3 is 6.18 Å². The van der Waals surface area contributed by atoms with Crippen LogP contribution in [0, 0.1) is 0 Å². The minimum absolute atomic E-state index is 0.109.